The van der Waals surface area contributed by atoms with Gasteiger partial charge in [-0.25, -0.2) is 4.39 Å². The van der Waals surface area contributed by atoms with Crippen molar-refractivity contribution in [1.29, 1.82) is 0 Å². The van der Waals surface area contributed by atoms with E-state index in [9.17, 15) is 14.0 Å². The zero-order valence-electron chi connectivity index (χ0n) is 12.5. The molecule has 2 aromatic carbocycles. The van der Waals surface area contributed by atoms with E-state index in [2.05, 4.69) is 17.4 Å². The topological polar surface area (TPSA) is 72.2 Å². The van der Waals surface area contributed by atoms with Crippen LogP contribution < -0.4 is 11.1 Å². The van der Waals surface area contributed by atoms with Gasteiger partial charge in [0.05, 0.1) is 5.56 Å². The number of benzene rings is 2. The Morgan fingerprint density at radius 1 is 1.22 bits per heavy atom. The lowest BCUT2D eigenvalue weighted by atomic mass is 10.0. The van der Waals surface area contributed by atoms with E-state index < -0.39 is 17.6 Å². The van der Waals surface area contributed by atoms with Crippen molar-refractivity contribution in [1.82, 2.24) is 5.32 Å². The molecule has 0 heterocycles. The molecule has 5 heteroatoms. The zero-order chi connectivity index (χ0) is 16.4. The molecule has 1 unspecified atom stereocenters. The van der Waals surface area contributed by atoms with Gasteiger partial charge in [-0.1, -0.05) is 24.3 Å². The van der Waals surface area contributed by atoms with Crippen molar-refractivity contribution in [3.05, 3.63) is 70.5 Å². The predicted molar refractivity (Wildman–Crippen MR) is 84.8 cm³/mol. The van der Waals surface area contributed by atoms with Crippen molar-refractivity contribution in [3.63, 3.8) is 0 Å². The van der Waals surface area contributed by atoms with Gasteiger partial charge in [-0.15, -0.1) is 0 Å². The first-order valence-corrected chi connectivity index (χ1v) is 7.51. The van der Waals surface area contributed by atoms with Gasteiger partial charge in [0.2, 0.25) is 5.91 Å². The number of hydrogen-bond donors (Lipinski definition) is 2. The van der Waals surface area contributed by atoms with E-state index in [0.29, 0.717) is 6.54 Å². The van der Waals surface area contributed by atoms with Crippen LogP contribution in [0.5, 0.6) is 0 Å². The first-order chi connectivity index (χ1) is 11.1. The quantitative estimate of drug-likeness (QED) is 0.910. The normalized spacial score (nSPS) is 16.0. The minimum absolute atomic E-state index is 0.114. The maximum atomic E-state index is 13.8. The van der Waals surface area contributed by atoms with Crippen LogP contribution in [0.25, 0.3) is 0 Å². The molecule has 0 radical (unpaired) electrons. The van der Waals surface area contributed by atoms with E-state index in [1.165, 1.54) is 23.3 Å². The van der Waals surface area contributed by atoms with Gasteiger partial charge >= 0.3 is 0 Å². The fourth-order valence-corrected chi connectivity index (χ4v) is 3.02. The van der Waals surface area contributed by atoms with Crippen molar-refractivity contribution >= 4 is 11.8 Å². The minimum Gasteiger partial charge on any atom is -0.366 e. The van der Waals surface area contributed by atoms with Gasteiger partial charge in [0.15, 0.2) is 0 Å². The Labute approximate surface area is 133 Å². The van der Waals surface area contributed by atoms with Crippen LogP contribution in [-0.4, -0.2) is 18.4 Å². The fourth-order valence-electron chi connectivity index (χ4n) is 3.02. The van der Waals surface area contributed by atoms with Gasteiger partial charge in [-0.2, -0.15) is 0 Å². The second kappa shape index (κ2) is 6.20. The number of carbonyl (C=O) groups is 2. The van der Waals surface area contributed by atoms with Crippen molar-refractivity contribution in [2.24, 2.45) is 5.73 Å². The fraction of sp³-hybridized carbons (Fsp3) is 0.222. The number of aryl methyl sites for hydroxylation is 1. The summed E-state index contributed by atoms with van der Waals surface area (Å²) in [6.07, 6.45) is 1.95. The summed E-state index contributed by atoms with van der Waals surface area (Å²) in [6.45, 7) is 0.441. The van der Waals surface area contributed by atoms with Crippen LogP contribution in [0.1, 0.15) is 44.2 Å². The summed E-state index contributed by atoms with van der Waals surface area (Å²) in [5.74, 6) is -1.66. The zero-order valence-corrected chi connectivity index (χ0v) is 12.5. The number of carbonyl (C=O) groups excluding carboxylic acids is 2. The molecule has 1 aliphatic carbocycles. The number of nitrogens with one attached hydrogen (secondary N) is 1. The lowest BCUT2D eigenvalue weighted by Gasteiger charge is -2.13. The van der Waals surface area contributed by atoms with Gasteiger partial charge in [-0.3, -0.25) is 9.59 Å². The highest BCUT2D eigenvalue weighted by molar-refractivity contribution is 5.99. The highest BCUT2D eigenvalue weighted by Crippen LogP contribution is 2.32. The Morgan fingerprint density at radius 2 is 2.00 bits per heavy atom. The van der Waals surface area contributed by atoms with E-state index in [-0.39, 0.29) is 17.0 Å². The van der Waals surface area contributed by atoms with Crippen LogP contribution in [0.3, 0.4) is 0 Å². The number of rotatable bonds is 4. The second-order valence-electron chi connectivity index (χ2n) is 5.70. The van der Waals surface area contributed by atoms with Crippen LogP contribution in [0, 0.1) is 5.82 Å². The molecule has 118 valence electrons. The average molecular weight is 312 g/mol. The third-order valence-electron chi connectivity index (χ3n) is 4.26. The molecule has 0 aliphatic heterocycles. The molecular weight excluding hydrogens is 295 g/mol. The lowest BCUT2D eigenvalue weighted by Crippen LogP contribution is -2.29. The molecule has 0 saturated carbocycles. The summed E-state index contributed by atoms with van der Waals surface area (Å²) in [4.78, 5) is 23.4. The van der Waals surface area contributed by atoms with Gasteiger partial charge in [-0.05, 0) is 42.2 Å². The highest BCUT2D eigenvalue weighted by Gasteiger charge is 2.23. The van der Waals surface area contributed by atoms with Crippen LogP contribution in [0.4, 0.5) is 4.39 Å². The number of fused-ring (bicyclic) bond motifs is 1. The van der Waals surface area contributed by atoms with Gasteiger partial charge in [0, 0.05) is 18.0 Å². The Bertz CT molecular complexity index is 773. The van der Waals surface area contributed by atoms with Crippen LogP contribution in [-0.2, 0) is 6.42 Å². The molecule has 0 aromatic heterocycles. The molecule has 3 N–H and O–H groups in total. The van der Waals surface area contributed by atoms with Crippen LogP contribution in [0.15, 0.2) is 42.5 Å². The number of halogens is 1. The molecular formula is C18H17FN2O2. The third-order valence-corrected chi connectivity index (χ3v) is 4.26. The van der Waals surface area contributed by atoms with Gasteiger partial charge in [0.1, 0.15) is 5.82 Å². The smallest absolute Gasteiger partial charge is 0.254 e. The first kappa shape index (κ1) is 15.2. The van der Waals surface area contributed by atoms with Crippen molar-refractivity contribution in [2.45, 2.75) is 18.8 Å². The summed E-state index contributed by atoms with van der Waals surface area (Å²) in [7, 11) is 0. The standard InChI is InChI=1S/C18H17FN2O2/c19-16-8-7-12(17(20)22)9-15(16)18(23)21-10-13-6-5-11-3-1-2-4-14(11)13/h1-4,7-9,13H,5-6,10H2,(H2,20,22)(H,21,23). The number of hydrogen-bond acceptors (Lipinski definition) is 2. The maximum Gasteiger partial charge on any atom is 0.254 e. The largest absolute Gasteiger partial charge is 0.366 e. The molecule has 23 heavy (non-hydrogen) atoms. The highest BCUT2D eigenvalue weighted by atomic mass is 19.1. The Kier molecular flexibility index (Phi) is 4.10. The summed E-state index contributed by atoms with van der Waals surface area (Å²) < 4.78 is 13.8. The predicted octanol–water partition coefficient (Wildman–Crippen LogP) is 2.38. The van der Waals surface area contributed by atoms with Crippen molar-refractivity contribution in [2.75, 3.05) is 6.54 Å². The van der Waals surface area contributed by atoms with E-state index >= 15 is 0 Å². The maximum absolute atomic E-state index is 13.8. The molecule has 4 nitrogen and oxygen atoms in total. The monoisotopic (exact) mass is 312 g/mol. The molecule has 2 aromatic rings. The molecule has 2 amide bonds. The summed E-state index contributed by atoms with van der Waals surface area (Å²) in [5, 5.41) is 2.76. The molecule has 1 atom stereocenters. The van der Waals surface area contributed by atoms with E-state index in [1.807, 2.05) is 12.1 Å². The van der Waals surface area contributed by atoms with Crippen LogP contribution >= 0.6 is 0 Å². The van der Waals surface area contributed by atoms with E-state index in [4.69, 9.17) is 5.73 Å². The molecule has 1 aliphatic rings. The number of primary amides is 1. The van der Waals surface area contributed by atoms with Gasteiger partial charge < -0.3 is 11.1 Å². The molecule has 0 spiro atoms. The Balaban J connectivity index is 1.71. The molecule has 0 saturated heterocycles. The number of nitrogens with two attached hydrogens (primary N) is 1. The average Bonchev–Trinajstić information content (AvgIpc) is 2.96. The second-order valence-corrected chi connectivity index (χ2v) is 5.70. The molecule has 0 fully saturated rings. The van der Waals surface area contributed by atoms with Gasteiger partial charge in [0.25, 0.3) is 5.91 Å². The summed E-state index contributed by atoms with van der Waals surface area (Å²) in [5.41, 5.74) is 7.66. The third kappa shape index (κ3) is 3.08. The lowest BCUT2D eigenvalue weighted by molar-refractivity contribution is 0.0947. The summed E-state index contributed by atoms with van der Waals surface area (Å²) >= 11 is 0. The van der Waals surface area contributed by atoms with Crippen LogP contribution in [0.2, 0.25) is 0 Å². The van der Waals surface area contributed by atoms with Crippen molar-refractivity contribution < 1.29 is 14.0 Å². The van der Waals surface area contributed by atoms with E-state index in [0.717, 1.165) is 18.9 Å². The Morgan fingerprint density at radius 3 is 2.78 bits per heavy atom. The van der Waals surface area contributed by atoms with E-state index in [1.54, 1.807) is 0 Å². The number of amides is 2. The van der Waals surface area contributed by atoms with Crippen molar-refractivity contribution in [3.8, 4) is 0 Å². The summed E-state index contributed by atoms with van der Waals surface area (Å²) in [6, 6.07) is 11.7. The Hall–Kier alpha value is -2.69. The molecule has 0 bridgehead atoms. The minimum atomic E-state index is -0.691. The first-order valence-electron chi connectivity index (χ1n) is 7.51. The SMILES string of the molecule is NC(=O)c1ccc(F)c(C(=O)NCC2CCc3ccccc32)c1. The molecule has 3 rings (SSSR count).